The fourth-order valence-electron chi connectivity index (χ4n) is 1.79. The summed E-state index contributed by atoms with van der Waals surface area (Å²) < 4.78 is 1.09. The molecule has 1 aromatic rings. The molecule has 1 rings (SSSR count). The molecular formula is C11H15BrN2S. The van der Waals surface area contributed by atoms with Crippen molar-refractivity contribution in [2.24, 2.45) is 5.41 Å². The molecule has 4 heteroatoms. The Kier molecular flexibility index (Phi) is 3.93. The molecule has 82 valence electrons. The molecule has 0 aromatic carbocycles. The Morgan fingerprint density at radius 2 is 2.13 bits per heavy atom. The summed E-state index contributed by atoms with van der Waals surface area (Å²) in [7, 11) is 4.02. The van der Waals surface area contributed by atoms with Crippen LogP contribution in [0.4, 0.5) is 0 Å². The molecule has 0 spiro atoms. The van der Waals surface area contributed by atoms with Crippen LogP contribution in [-0.2, 0) is 0 Å². The Balaban J connectivity index is 3.10. The molecule has 0 N–H and O–H groups in total. The highest BCUT2D eigenvalue weighted by Crippen LogP contribution is 2.40. The zero-order valence-electron chi connectivity index (χ0n) is 9.41. The third kappa shape index (κ3) is 2.81. The normalized spacial score (nSPS) is 13.9. The van der Waals surface area contributed by atoms with Crippen molar-refractivity contribution in [3.63, 3.8) is 0 Å². The Labute approximate surface area is 104 Å². The van der Waals surface area contributed by atoms with Crippen LogP contribution in [0.1, 0.15) is 24.8 Å². The van der Waals surface area contributed by atoms with Gasteiger partial charge in [-0.25, -0.2) is 0 Å². The molecule has 15 heavy (non-hydrogen) atoms. The molecule has 0 aliphatic rings. The Hall–Kier alpha value is -0.370. The van der Waals surface area contributed by atoms with Crippen LogP contribution in [0.2, 0.25) is 0 Å². The average molecular weight is 287 g/mol. The number of nitriles is 1. The lowest BCUT2D eigenvalue weighted by molar-refractivity contribution is 0.189. The zero-order chi connectivity index (χ0) is 11.6. The maximum atomic E-state index is 9.20. The maximum absolute atomic E-state index is 9.20. The van der Waals surface area contributed by atoms with E-state index in [2.05, 4.69) is 38.3 Å². The number of hydrogen-bond donors (Lipinski definition) is 0. The molecule has 0 bridgehead atoms. The Morgan fingerprint density at radius 1 is 1.53 bits per heavy atom. The molecule has 0 radical (unpaired) electrons. The molecule has 1 atom stereocenters. The van der Waals surface area contributed by atoms with Gasteiger partial charge < -0.3 is 4.90 Å². The van der Waals surface area contributed by atoms with E-state index in [4.69, 9.17) is 0 Å². The SMILES string of the molecule is CN(C)C(c1cc(Br)cs1)C(C)(C)C#N. The molecule has 0 fully saturated rings. The smallest absolute Gasteiger partial charge is 0.0722 e. The lowest BCUT2D eigenvalue weighted by atomic mass is 9.84. The van der Waals surface area contributed by atoms with Crippen LogP contribution in [0, 0.1) is 16.7 Å². The standard InChI is InChI=1S/C11H15BrN2S/c1-11(2,7-13)10(14(3)4)9-5-8(12)6-15-9/h5-6,10H,1-4H3. The van der Waals surface area contributed by atoms with Crippen LogP contribution in [0.5, 0.6) is 0 Å². The van der Waals surface area contributed by atoms with Crippen molar-refractivity contribution >= 4 is 27.3 Å². The molecule has 0 saturated heterocycles. The van der Waals surface area contributed by atoms with Crippen molar-refractivity contribution in [2.75, 3.05) is 14.1 Å². The van der Waals surface area contributed by atoms with E-state index in [1.54, 1.807) is 11.3 Å². The second-order valence-electron chi connectivity index (χ2n) is 4.37. The van der Waals surface area contributed by atoms with E-state index in [9.17, 15) is 5.26 Å². The van der Waals surface area contributed by atoms with E-state index in [-0.39, 0.29) is 11.5 Å². The molecule has 2 nitrogen and oxygen atoms in total. The number of rotatable bonds is 3. The van der Waals surface area contributed by atoms with E-state index < -0.39 is 0 Å². The topological polar surface area (TPSA) is 27.0 Å². The zero-order valence-corrected chi connectivity index (χ0v) is 11.8. The van der Waals surface area contributed by atoms with Gasteiger partial charge in [0, 0.05) is 14.7 Å². The third-order valence-electron chi connectivity index (χ3n) is 2.35. The largest absolute Gasteiger partial charge is 0.300 e. The summed E-state index contributed by atoms with van der Waals surface area (Å²) in [6, 6.07) is 4.61. The van der Waals surface area contributed by atoms with E-state index in [0.717, 1.165) is 4.47 Å². The van der Waals surface area contributed by atoms with Gasteiger partial charge >= 0.3 is 0 Å². The molecule has 0 amide bonds. The minimum Gasteiger partial charge on any atom is -0.300 e. The van der Waals surface area contributed by atoms with Gasteiger partial charge in [0.25, 0.3) is 0 Å². The van der Waals surface area contributed by atoms with Crippen molar-refractivity contribution in [3.05, 3.63) is 20.8 Å². The van der Waals surface area contributed by atoms with Crippen LogP contribution in [0.25, 0.3) is 0 Å². The van der Waals surface area contributed by atoms with Crippen LogP contribution in [-0.4, -0.2) is 19.0 Å². The van der Waals surface area contributed by atoms with Crippen LogP contribution in [0.3, 0.4) is 0 Å². The van der Waals surface area contributed by atoms with Gasteiger partial charge in [-0.15, -0.1) is 11.3 Å². The number of halogens is 1. The summed E-state index contributed by atoms with van der Waals surface area (Å²) in [6.07, 6.45) is 0. The fourth-order valence-corrected chi connectivity index (χ4v) is 3.61. The minimum absolute atomic E-state index is 0.138. The minimum atomic E-state index is -0.381. The fraction of sp³-hybridized carbons (Fsp3) is 0.545. The van der Waals surface area contributed by atoms with Gasteiger partial charge in [-0.1, -0.05) is 0 Å². The van der Waals surface area contributed by atoms with Gasteiger partial charge in [-0.3, -0.25) is 0 Å². The van der Waals surface area contributed by atoms with Crippen LogP contribution >= 0.6 is 27.3 Å². The summed E-state index contributed by atoms with van der Waals surface area (Å²) in [4.78, 5) is 3.32. The Morgan fingerprint density at radius 3 is 2.47 bits per heavy atom. The first-order valence-electron chi connectivity index (χ1n) is 4.70. The molecule has 1 aromatic heterocycles. The van der Waals surface area contributed by atoms with Gasteiger partial charge in [-0.2, -0.15) is 5.26 Å². The highest BCUT2D eigenvalue weighted by Gasteiger charge is 2.33. The van der Waals surface area contributed by atoms with Crippen molar-refractivity contribution in [1.82, 2.24) is 4.90 Å². The first-order chi connectivity index (χ1) is 6.88. The predicted molar refractivity (Wildman–Crippen MR) is 67.8 cm³/mol. The summed E-state index contributed by atoms with van der Waals surface area (Å²) in [5, 5.41) is 11.3. The molecule has 1 heterocycles. The quantitative estimate of drug-likeness (QED) is 0.848. The molecule has 0 aliphatic heterocycles. The monoisotopic (exact) mass is 286 g/mol. The highest BCUT2D eigenvalue weighted by atomic mass is 79.9. The summed E-state index contributed by atoms with van der Waals surface area (Å²) >= 11 is 5.14. The van der Waals surface area contributed by atoms with Crippen molar-refractivity contribution in [1.29, 1.82) is 5.26 Å². The van der Waals surface area contributed by atoms with Crippen molar-refractivity contribution < 1.29 is 0 Å². The van der Waals surface area contributed by atoms with Gasteiger partial charge in [-0.05, 0) is 49.9 Å². The van der Waals surface area contributed by atoms with Gasteiger partial charge in [0.15, 0.2) is 0 Å². The maximum Gasteiger partial charge on any atom is 0.0722 e. The number of nitrogens with zero attached hydrogens (tertiary/aromatic N) is 2. The summed E-state index contributed by atoms with van der Waals surface area (Å²) in [5.41, 5.74) is -0.381. The van der Waals surface area contributed by atoms with Crippen molar-refractivity contribution in [3.8, 4) is 6.07 Å². The van der Waals surface area contributed by atoms with E-state index in [1.165, 1.54) is 4.88 Å². The van der Waals surface area contributed by atoms with Crippen LogP contribution in [0.15, 0.2) is 15.9 Å². The summed E-state index contributed by atoms with van der Waals surface area (Å²) in [5.74, 6) is 0. The Bertz CT molecular complexity index is 376. The third-order valence-corrected chi connectivity index (χ3v) is 4.09. The van der Waals surface area contributed by atoms with E-state index >= 15 is 0 Å². The number of hydrogen-bond acceptors (Lipinski definition) is 3. The molecule has 0 saturated carbocycles. The lowest BCUT2D eigenvalue weighted by Crippen LogP contribution is -2.31. The van der Waals surface area contributed by atoms with Gasteiger partial charge in [0.1, 0.15) is 0 Å². The molecule has 1 unspecified atom stereocenters. The van der Waals surface area contributed by atoms with E-state index in [0.29, 0.717) is 0 Å². The highest BCUT2D eigenvalue weighted by molar-refractivity contribution is 9.10. The first kappa shape index (κ1) is 12.7. The first-order valence-corrected chi connectivity index (χ1v) is 6.37. The average Bonchev–Trinajstić information content (AvgIpc) is 2.51. The predicted octanol–water partition coefficient (Wildman–Crippen LogP) is 3.66. The van der Waals surface area contributed by atoms with Crippen molar-refractivity contribution in [2.45, 2.75) is 19.9 Å². The second kappa shape index (κ2) is 4.65. The summed E-state index contributed by atoms with van der Waals surface area (Å²) in [6.45, 7) is 3.95. The lowest BCUT2D eigenvalue weighted by Gasteiger charge is -2.32. The molecule has 0 aliphatic carbocycles. The van der Waals surface area contributed by atoms with Crippen LogP contribution < -0.4 is 0 Å². The second-order valence-corrected chi connectivity index (χ2v) is 6.23. The van der Waals surface area contributed by atoms with Gasteiger partial charge in [0.05, 0.1) is 17.5 Å². The van der Waals surface area contributed by atoms with Gasteiger partial charge in [0.2, 0.25) is 0 Å². The molecular weight excluding hydrogens is 272 g/mol. The van der Waals surface area contributed by atoms with E-state index in [1.807, 2.05) is 27.9 Å². The number of thiophene rings is 1.